The molecular weight excluding hydrogens is 338 g/mol. The lowest BCUT2D eigenvalue weighted by Crippen LogP contribution is -2.28. The first-order valence-corrected chi connectivity index (χ1v) is 8.16. The van der Waals surface area contributed by atoms with Crippen molar-refractivity contribution in [3.8, 4) is 5.75 Å². The number of benzene rings is 3. The molecule has 0 aromatic heterocycles. The molecule has 126 valence electrons. The zero-order chi connectivity index (χ0) is 17.6. The lowest BCUT2D eigenvalue weighted by molar-refractivity contribution is -0.123. The van der Waals surface area contributed by atoms with Crippen LogP contribution in [-0.4, -0.2) is 18.8 Å². The number of carbonyl (C=O) groups excluding carboxylic acids is 2. The summed E-state index contributed by atoms with van der Waals surface area (Å²) in [6.07, 6.45) is 0.753. The van der Waals surface area contributed by atoms with Gasteiger partial charge in [0.2, 0.25) is 0 Å². The second-order valence-corrected chi connectivity index (χ2v) is 5.94. The van der Waals surface area contributed by atoms with Crippen molar-refractivity contribution in [1.82, 2.24) is 5.32 Å². The van der Waals surface area contributed by atoms with E-state index in [1.54, 1.807) is 18.2 Å². The first-order valence-electron chi connectivity index (χ1n) is 7.78. The lowest BCUT2D eigenvalue weighted by atomic mass is 10.0. The van der Waals surface area contributed by atoms with E-state index in [9.17, 15) is 9.59 Å². The number of carbonyl (C=O) groups is 2. The van der Waals surface area contributed by atoms with E-state index in [1.807, 2.05) is 42.5 Å². The van der Waals surface area contributed by atoms with E-state index in [1.165, 1.54) is 0 Å². The Labute approximate surface area is 150 Å². The average molecular weight is 354 g/mol. The highest BCUT2D eigenvalue weighted by molar-refractivity contribution is 6.30. The number of hydrogen-bond donors (Lipinski definition) is 1. The molecule has 3 aromatic carbocycles. The summed E-state index contributed by atoms with van der Waals surface area (Å²) in [7, 11) is 0. The number of nitrogens with one attached hydrogen (secondary N) is 1. The van der Waals surface area contributed by atoms with Gasteiger partial charge in [-0.05, 0) is 34.5 Å². The van der Waals surface area contributed by atoms with Crippen LogP contribution in [0.2, 0.25) is 5.02 Å². The molecule has 0 aliphatic rings. The van der Waals surface area contributed by atoms with E-state index in [0.29, 0.717) is 22.9 Å². The second-order valence-electron chi connectivity index (χ2n) is 5.51. The van der Waals surface area contributed by atoms with E-state index in [2.05, 4.69) is 5.32 Å². The number of hydrogen-bond acceptors (Lipinski definition) is 3. The maximum absolute atomic E-state index is 12.0. The van der Waals surface area contributed by atoms with Crippen LogP contribution in [0.15, 0.2) is 60.7 Å². The zero-order valence-corrected chi connectivity index (χ0v) is 14.1. The SMILES string of the molecule is O=Cc1c(OCC(=O)NCc2ccc(Cl)cc2)ccc2ccccc12. The van der Waals surface area contributed by atoms with Gasteiger partial charge in [0.15, 0.2) is 12.9 Å². The summed E-state index contributed by atoms with van der Waals surface area (Å²) in [6, 6.07) is 18.3. The standard InChI is InChI=1S/C20H16ClNO3/c21-16-8-5-14(6-9-16)11-22-20(24)13-25-19-10-7-15-3-1-2-4-17(15)18(19)12-23/h1-10,12H,11,13H2,(H,22,24). The van der Waals surface area contributed by atoms with Gasteiger partial charge in [0, 0.05) is 11.6 Å². The molecule has 0 aliphatic heterocycles. The maximum atomic E-state index is 12.0. The van der Waals surface area contributed by atoms with Crippen LogP contribution < -0.4 is 10.1 Å². The molecule has 0 atom stereocenters. The Morgan fingerprint density at radius 1 is 1.04 bits per heavy atom. The van der Waals surface area contributed by atoms with Crippen LogP contribution in [0.1, 0.15) is 15.9 Å². The smallest absolute Gasteiger partial charge is 0.258 e. The number of ether oxygens (including phenoxy) is 1. The molecule has 3 rings (SSSR count). The monoisotopic (exact) mass is 353 g/mol. The lowest BCUT2D eigenvalue weighted by Gasteiger charge is -2.11. The van der Waals surface area contributed by atoms with Crippen LogP contribution in [0.25, 0.3) is 10.8 Å². The highest BCUT2D eigenvalue weighted by Gasteiger charge is 2.10. The van der Waals surface area contributed by atoms with E-state index >= 15 is 0 Å². The topological polar surface area (TPSA) is 55.4 Å². The molecule has 25 heavy (non-hydrogen) atoms. The molecule has 0 saturated carbocycles. The van der Waals surface area contributed by atoms with Crippen LogP contribution in [-0.2, 0) is 11.3 Å². The Bertz CT molecular complexity index is 906. The van der Waals surface area contributed by atoms with Crippen LogP contribution in [0.5, 0.6) is 5.75 Å². The van der Waals surface area contributed by atoms with Crippen molar-refractivity contribution >= 4 is 34.6 Å². The Hall–Kier alpha value is -2.85. The van der Waals surface area contributed by atoms with Crippen molar-refractivity contribution in [2.24, 2.45) is 0 Å². The molecule has 0 unspecified atom stereocenters. The summed E-state index contributed by atoms with van der Waals surface area (Å²) in [5.41, 5.74) is 1.39. The van der Waals surface area contributed by atoms with Crippen molar-refractivity contribution in [1.29, 1.82) is 0 Å². The maximum Gasteiger partial charge on any atom is 0.258 e. The van der Waals surface area contributed by atoms with Gasteiger partial charge in [0.05, 0.1) is 5.56 Å². The molecule has 0 fully saturated rings. The van der Waals surface area contributed by atoms with Gasteiger partial charge in [-0.1, -0.05) is 54.1 Å². The van der Waals surface area contributed by atoms with Crippen LogP contribution in [0.3, 0.4) is 0 Å². The van der Waals surface area contributed by atoms with Gasteiger partial charge in [0.25, 0.3) is 5.91 Å². The molecule has 0 spiro atoms. The molecule has 0 bridgehead atoms. The minimum Gasteiger partial charge on any atom is -0.483 e. The first kappa shape index (κ1) is 17.0. The Kier molecular flexibility index (Phi) is 5.31. The molecule has 0 saturated heterocycles. The third-order valence-corrected chi connectivity index (χ3v) is 4.06. The van der Waals surface area contributed by atoms with Gasteiger partial charge in [-0.15, -0.1) is 0 Å². The summed E-state index contributed by atoms with van der Waals surface area (Å²) in [4.78, 5) is 23.4. The predicted octanol–water partition coefficient (Wildman–Crippen LogP) is 4.00. The third-order valence-electron chi connectivity index (χ3n) is 3.81. The first-order chi connectivity index (χ1) is 12.2. The Morgan fingerprint density at radius 2 is 1.80 bits per heavy atom. The van der Waals surface area contributed by atoms with Crippen molar-refractivity contribution in [3.05, 3.63) is 76.8 Å². The highest BCUT2D eigenvalue weighted by atomic mass is 35.5. The fourth-order valence-corrected chi connectivity index (χ4v) is 2.65. The van der Waals surface area contributed by atoms with Gasteiger partial charge in [-0.25, -0.2) is 0 Å². The molecule has 1 N–H and O–H groups in total. The number of aldehydes is 1. The fraction of sp³-hybridized carbons (Fsp3) is 0.100. The van der Waals surface area contributed by atoms with Crippen LogP contribution in [0, 0.1) is 0 Å². The summed E-state index contributed by atoms with van der Waals surface area (Å²) < 4.78 is 5.54. The minimum atomic E-state index is -0.264. The molecule has 0 radical (unpaired) electrons. The van der Waals surface area contributed by atoms with Gasteiger partial charge < -0.3 is 10.1 Å². The van der Waals surface area contributed by atoms with E-state index in [0.717, 1.165) is 22.6 Å². The van der Waals surface area contributed by atoms with Crippen LogP contribution >= 0.6 is 11.6 Å². The van der Waals surface area contributed by atoms with Crippen molar-refractivity contribution in [2.75, 3.05) is 6.61 Å². The van der Waals surface area contributed by atoms with Crippen molar-refractivity contribution < 1.29 is 14.3 Å². The summed E-state index contributed by atoms with van der Waals surface area (Å²) in [5, 5.41) is 5.17. The van der Waals surface area contributed by atoms with Gasteiger partial charge in [-0.3, -0.25) is 9.59 Å². The summed E-state index contributed by atoms with van der Waals surface area (Å²) in [6.45, 7) is 0.227. The Morgan fingerprint density at radius 3 is 2.56 bits per heavy atom. The van der Waals surface area contributed by atoms with Gasteiger partial charge in [-0.2, -0.15) is 0 Å². The Balaban J connectivity index is 1.63. The zero-order valence-electron chi connectivity index (χ0n) is 13.4. The second kappa shape index (κ2) is 7.81. The number of amides is 1. The molecule has 0 aliphatic carbocycles. The molecule has 1 amide bonds. The third kappa shape index (κ3) is 4.17. The number of halogens is 1. The summed E-state index contributed by atoms with van der Waals surface area (Å²) >= 11 is 5.83. The number of rotatable bonds is 6. The van der Waals surface area contributed by atoms with Gasteiger partial charge in [0.1, 0.15) is 5.75 Å². The molecule has 4 nitrogen and oxygen atoms in total. The molecule has 3 aromatic rings. The molecule has 5 heteroatoms. The number of fused-ring (bicyclic) bond motifs is 1. The van der Waals surface area contributed by atoms with Crippen molar-refractivity contribution in [3.63, 3.8) is 0 Å². The quantitative estimate of drug-likeness (QED) is 0.681. The van der Waals surface area contributed by atoms with Crippen molar-refractivity contribution in [2.45, 2.75) is 6.54 Å². The highest BCUT2D eigenvalue weighted by Crippen LogP contribution is 2.26. The van der Waals surface area contributed by atoms with Crippen LogP contribution in [0.4, 0.5) is 0 Å². The van der Waals surface area contributed by atoms with E-state index in [4.69, 9.17) is 16.3 Å². The minimum absolute atomic E-state index is 0.160. The fourth-order valence-electron chi connectivity index (χ4n) is 2.52. The van der Waals surface area contributed by atoms with E-state index in [-0.39, 0.29) is 12.5 Å². The average Bonchev–Trinajstić information content (AvgIpc) is 2.65. The van der Waals surface area contributed by atoms with E-state index < -0.39 is 0 Å². The largest absolute Gasteiger partial charge is 0.483 e. The molecule has 0 heterocycles. The summed E-state index contributed by atoms with van der Waals surface area (Å²) in [5.74, 6) is 0.135. The normalized spacial score (nSPS) is 10.4. The molecular formula is C20H16ClNO3. The van der Waals surface area contributed by atoms with Gasteiger partial charge >= 0.3 is 0 Å². The predicted molar refractivity (Wildman–Crippen MR) is 98.1 cm³/mol.